The molecule has 3 aromatic rings. The van der Waals surface area contributed by atoms with Crippen LogP contribution in [0.4, 0.5) is 0 Å². The molecule has 41 heavy (non-hydrogen) atoms. The first kappa shape index (κ1) is 35.5. The predicted molar refractivity (Wildman–Crippen MR) is 182 cm³/mol. The molecule has 0 aliphatic rings. The van der Waals surface area contributed by atoms with Crippen LogP contribution < -0.4 is 4.74 Å². The fourth-order valence-electron chi connectivity index (χ4n) is 4.75. The third-order valence-electron chi connectivity index (χ3n) is 6.62. The highest BCUT2D eigenvalue weighted by Crippen LogP contribution is 2.34. The summed E-state index contributed by atoms with van der Waals surface area (Å²) in [6.07, 6.45) is 10.9. The number of allylic oxidation sites excluding steroid dienone is 4. The first-order valence-corrected chi connectivity index (χ1v) is 15.4. The molecule has 222 valence electrons. The lowest BCUT2D eigenvalue weighted by molar-refractivity contribution is 0.317. The minimum Gasteiger partial charge on any atom is -0.509 e. The summed E-state index contributed by atoms with van der Waals surface area (Å²) in [6, 6.07) is 19.7. The number of aliphatic hydroxyl groups is 1. The van der Waals surface area contributed by atoms with Crippen molar-refractivity contribution in [2.75, 3.05) is 6.61 Å². The Balaban J connectivity index is 0.00000157. The van der Waals surface area contributed by atoms with E-state index in [4.69, 9.17) is 4.74 Å². The Kier molecular flexibility index (Phi) is 16.9. The Morgan fingerprint density at radius 1 is 0.902 bits per heavy atom. The molecule has 0 amide bonds. The standard InChI is InChI=1S/C34H40O2.C3H8.C2H6/c1-7-9-11-31(23-26(5)35)30-18-15-28(16-19-30)14-17-29-12-10-13-33(27(29)6)34-24(3)21-32(22-25(34)4)36-20-8-2;1-3-2;1-2/h7,9-10,12-13,15-16,18-19,21-23,35H,5,8,11,14,17,20H2,1-4,6H3;3H2,1-2H3;1-2H3/b9-7+,31-23+;;. The lowest BCUT2D eigenvalue weighted by atomic mass is 9.89. The van der Waals surface area contributed by atoms with Gasteiger partial charge in [0, 0.05) is 0 Å². The summed E-state index contributed by atoms with van der Waals surface area (Å²) in [6.45, 7) is 23.4. The topological polar surface area (TPSA) is 29.5 Å². The molecular weight excluding hydrogens is 500 g/mol. The summed E-state index contributed by atoms with van der Waals surface area (Å²) in [5.74, 6) is 1.04. The number of aliphatic hydroxyl groups excluding tert-OH is 1. The fraction of sp³-hybridized carbons (Fsp3) is 0.385. The number of rotatable bonds is 11. The second-order valence-electron chi connectivity index (χ2n) is 10.2. The Labute approximate surface area is 251 Å². The van der Waals surface area contributed by atoms with Crippen molar-refractivity contribution >= 4 is 5.57 Å². The molecule has 0 atom stereocenters. The maximum atomic E-state index is 9.66. The van der Waals surface area contributed by atoms with Crippen molar-refractivity contribution in [3.63, 3.8) is 0 Å². The van der Waals surface area contributed by atoms with E-state index in [-0.39, 0.29) is 5.76 Å². The largest absolute Gasteiger partial charge is 0.509 e. The Bertz CT molecular complexity index is 1240. The highest BCUT2D eigenvalue weighted by molar-refractivity contribution is 5.75. The van der Waals surface area contributed by atoms with Gasteiger partial charge in [0.15, 0.2) is 0 Å². The van der Waals surface area contributed by atoms with Crippen LogP contribution in [-0.4, -0.2) is 11.7 Å². The summed E-state index contributed by atoms with van der Waals surface area (Å²) in [4.78, 5) is 0. The molecule has 0 heterocycles. The second kappa shape index (κ2) is 19.5. The average molecular weight is 555 g/mol. The first-order chi connectivity index (χ1) is 19.7. The summed E-state index contributed by atoms with van der Waals surface area (Å²) >= 11 is 0. The first-order valence-electron chi connectivity index (χ1n) is 15.4. The molecule has 3 rings (SSSR count). The van der Waals surface area contributed by atoms with Gasteiger partial charge in [-0.3, -0.25) is 0 Å². The van der Waals surface area contributed by atoms with Crippen LogP contribution in [0, 0.1) is 20.8 Å². The minimum atomic E-state index is 0.0857. The summed E-state index contributed by atoms with van der Waals surface area (Å²) in [5, 5.41) is 9.66. The SMILES string of the molecule is C=C(O)/C=C(\C/C=C/C)c1ccc(CCc2cccc(-c3c(C)cc(OCCC)cc3C)c2C)cc1.CC.CCC. The lowest BCUT2D eigenvalue weighted by Crippen LogP contribution is -2.00. The van der Waals surface area contributed by atoms with Crippen LogP contribution in [0.1, 0.15) is 94.2 Å². The fourth-order valence-corrected chi connectivity index (χ4v) is 4.75. The number of hydrogen-bond donors (Lipinski definition) is 1. The molecule has 0 aromatic heterocycles. The molecule has 0 fully saturated rings. The number of ether oxygens (including phenoxy) is 1. The van der Waals surface area contributed by atoms with Crippen molar-refractivity contribution in [3.8, 4) is 16.9 Å². The maximum Gasteiger partial charge on any atom is 0.119 e. The zero-order valence-corrected chi connectivity index (χ0v) is 27.2. The van der Waals surface area contributed by atoms with Crippen LogP contribution in [0.3, 0.4) is 0 Å². The van der Waals surface area contributed by atoms with E-state index in [1.165, 1.54) is 45.4 Å². The van der Waals surface area contributed by atoms with Crippen LogP contribution >= 0.6 is 0 Å². The third kappa shape index (κ3) is 11.5. The zero-order valence-electron chi connectivity index (χ0n) is 27.2. The molecule has 0 aliphatic heterocycles. The van der Waals surface area contributed by atoms with Gasteiger partial charge in [0.1, 0.15) is 11.5 Å². The molecule has 0 aliphatic carbocycles. The second-order valence-corrected chi connectivity index (χ2v) is 10.2. The van der Waals surface area contributed by atoms with Crippen molar-refractivity contribution in [1.29, 1.82) is 0 Å². The van der Waals surface area contributed by atoms with Gasteiger partial charge in [-0.15, -0.1) is 0 Å². The Morgan fingerprint density at radius 2 is 1.51 bits per heavy atom. The van der Waals surface area contributed by atoms with Gasteiger partial charge in [-0.05, 0) is 122 Å². The maximum absolute atomic E-state index is 9.66. The van der Waals surface area contributed by atoms with Crippen molar-refractivity contribution in [2.24, 2.45) is 0 Å². The molecule has 1 N–H and O–H groups in total. The predicted octanol–water partition coefficient (Wildman–Crippen LogP) is 11.7. The van der Waals surface area contributed by atoms with E-state index in [0.717, 1.165) is 49.2 Å². The minimum absolute atomic E-state index is 0.0857. The van der Waals surface area contributed by atoms with Crippen molar-refractivity contribution in [3.05, 3.63) is 119 Å². The summed E-state index contributed by atoms with van der Waals surface area (Å²) < 4.78 is 5.89. The monoisotopic (exact) mass is 554 g/mol. The smallest absolute Gasteiger partial charge is 0.119 e. The van der Waals surface area contributed by atoms with E-state index in [1.54, 1.807) is 6.08 Å². The zero-order chi connectivity index (χ0) is 30.8. The number of hydrogen-bond acceptors (Lipinski definition) is 2. The Morgan fingerprint density at radius 3 is 2.05 bits per heavy atom. The molecule has 0 unspecified atom stereocenters. The molecule has 0 radical (unpaired) electrons. The Hall–Kier alpha value is -3.52. The highest BCUT2D eigenvalue weighted by Gasteiger charge is 2.13. The number of benzene rings is 3. The van der Waals surface area contributed by atoms with E-state index >= 15 is 0 Å². The van der Waals surface area contributed by atoms with Gasteiger partial charge in [-0.25, -0.2) is 0 Å². The van der Waals surface area contributed by atoms with Crippen LogP contribution in [0.25, 0.3) is 16.7 Å². The van der Waals surface area contributed by atoms with Crippen molar-refractivity contribution < 1.29 is 9.84 Å². The molecule has 0 bridgehead atoms. The van der Waals surface area contributed by atoms with Gasteiger partial charge in [0.25, 0.3) is 0 Å². The van der Waals surface area contributed by atoms with Crippen molar-refractivity contribution in [2.45, 2.75) is 94.4 Å². The van der Waals surface area contributed by atoms with Crippen molar-refractivity contribution in [1.82, 2.24) is 0 Å². The molecule has 3 aromatic carbocycles. The highest BCUT2D eigenvalue weighted by atomic mass is 16.5. The van der Waals surface area contributed by atoms with E-state index in [2.05, 4.69) is 109 Å². The lowest BCUT2D eigenvalue weighted by Gasteiger charge is -2.17. The van der Waals surface area contributed by atoms with Gasteiger partial charge in [-0.2, -0.15) is 0 Å². The summed E-state index contributed by atoms with van der Waals surface area (Å²) in [7, 11) is 0. The number of aryl methyl sites for hydroxylation is 4. The molecule has 0 spiro atoms. The molecule has 0 saturated carbocycles. The van der Waals surface area contributed by atoms with E-state index in [9.17, 15) is 5.11 Å². The average Bonchev–Trinajstić information content (AvgIpc) is 2.95. The normalized spacial score (nSPS) is 10.9. The molecular formula is C39H54O2. The molecule has 2 nitrogen and oxygen atoms in total. The van der Waals surface area contributed by atoms with Gasteiger partial charge in [0.05, 0.1) is 6.61 Å². The summed E-state index contributed by atoms with van der Waals surface area (Å²) in [5.41, 5.74) is 11.3. The van der Waals surface area contributed by atoms with Gasteiger partial charge in [-0.1, -0.05) is 102 Å². The quantitative estimate of drug-likeness (QED) is 0.145. The van der Waals surface area contributed by atoms with Gasteiger partial charge in [0.2, 0.25) is 0 Å². The van der Waals surface area contributed by atoms with Gasteiger partial charge < -0.3 is 9.84 Å². The molecule has 2 heteroatoms. The molecule has 0 saturated heterocycles. The van der Waals surface area contributed by atoms with Gasteiger partial charge >= 0.3 is 0 Å². The van der Waals surface area contributed by atoms with Crippen LogP contribution in [-0.2, 0) is 12.8 Å². The van der Waals surface area contributed by atoms with E-state index in [1.807, 2.05) is 26.8 Å². The van der Waals surface area contributed by atoms with Crippen LogP contribution in [0.5, 0.6) is 5.75 Å². The van der Waals surface area contributed by atoms with E-state index in [0.29, 0.717) is 0 Å². The third-order valence-corrected chi connectivity index (χ3v) is 6.62. The van der Waals surface area contributed by atoms with Crippen LogP contribution in [0.2, 0.25) is 0 Å². The van der Waals surface area contributed by atoms with Crippen LogP contribution in [0.15, 0.2) is 85.2 Å². The van der Waals surface area contributed by atoms with E-state index < -0.39 is 0 Å².